The first-order chi connectivity index (χ1) is 7.16. The first-order valence-corrected chi connectivity index (χ1v) is 5.34. The van der Waals surface area contributed by atoms with E-state index in [9.17, 15) is 0 Å². The van der Waals surface area contributed by atoms with Crippen LogP contribution in [0.5, 0.6) is 0 Å². The van der Waals surface area contributed by atoms with Crippen LogP contribution in [0.25, 0.3) is 5.65 Å². The predicted molar refractivity (Wildman–Crippen MR) is 61.9 cm³/mol. The number of nitrogens with one attached hydrogen (secondary N) is 1. The van der Waals surface area contributed by atoms with Gasteiger partial charge < -0.3 is 9.72 Å². The van der Waals surface area contributed by atoms with Gasteiger partial charge in [0.15, 0.2) is 0 Å². The summed E-state index contributed by atoms with van der Waals surface area (Å²) in [5.74, 6) is 0. The van der Waals surface area contributed by atoms with Gasteiger partial charge in [0.1, 0.15) is 5.65 Å². The minimum absolute atomic E-state index is 0.496. The average molecular weight is 203 g/mol. The number of hydrogen-bond donors (Lipinski definition) is 1. The maximum atomic E-state index is 4.55. The van der Waals surface area contributed by atoms with Crippen molar-refractivity contribution in [1.82, 2.24) is 14.7 Å². The highest BCUT2D eigenvalue weighted by Gasteiger charge is 2.02. The standard InChI is InChI=1S/C12H17N3/c1-9(2)13-7-11-8-15-10(3)5-4-6-12(15)14-11/h4-6,8-9,13H,7H2,1-3H3. The lowest BCUT2D eigenvalue weighted by Gasteiger charge is -2.04. The van der Waals surface area contributed by atoms with Gasteiger partial charge in [-0.1, -0.05) is 19.9 Å². The first kappa shape index (κ1) is 10.2. The smallest absolute Gasteiger partial charge is 0.137 e. The molecule has 0 saturated heterocycles. The van der Waals surface area contributed by atoms with E-state index in [0.717, 1.165) is 17.9 Å². The molecule has 0 atom stereocenters. The Bertz CT molecular complexity index is 457. The van der Waals surface area contributed by atoms with Crippen LogP contribution in [0.1, 0.15) is 25.2 Å². The van der Waals surface area contributed by atoms with Crippen LogP contribution in [-0.4, -0.2) is 15.4 Å². The Balaban J connectivity index is 2.27. The summed E-state index contributed by atoms with van der Waals surface area (Å²) in [6.07, 6.45) is 2.10. The minimum atomic E-state index is 0.496. The van der Waals surface area contributed by atoms with Crippen molar-refractivity contribution in [3.8, 4) is 0 Å². The van der Waals surface area contributed by atoms with Gasteiger partial charge in [-0.05, 0) is 19.1 Å². The quantitative estimate of drug-likeness (QED) is 0.828. The molecule has 0 unspecified atom stereocenters. The second kappa shape index (κ2) is 4.03. The number of rotatable bonds is 3. The molecule has 1 N–H and O–H groups in total. The third-order valence-electron chi connectivity index (χ3n) is 2.44. The third kappa shape index (κ3) is 2.18. The molecule has 0 radical (unpaired) electrons. The van der Waals surface area contributed by atoms with Crippen LogP contribution in [0.15, 0.2) is 24.4 Å². The molecule has 0 aliphatic rings. The number of aryl methyl sites for hydroxylation is 1. The minimum Gasteiger partial charge on any atom is -0.309 e. The molecule has 0 amide bonds. The lowest BCUT2D eigenvalue weighted by atomic mass is 10.3. The summed E-state index contributed by atoms with van der Waals surface area (Å²) in [5, 5.41) is 3.37. The van der Waals surface area contributed by atoms with E-state index >= 15 is 0 Å². The summed E-state index contributed by atoms with van der Waals surface area (Å²) in [4.78, 5) is 4.55. The Hall–Kier alpha value is -1.35. The van der Waals surface area contributed by atoms with Gasteiger partial charge in [-0.15, -0.1) is 0 Å². The fourth-order valence-corrected chi connectivity index (χ4v) is 1.59. The van der Waals surface area contributed by atoms with E-state index in [1.165, 1.54) is 5.69 Å². The number of imidazole rings is 1. The molecular formula is C12H17N3. The van der Waals surface area contributed by atoms with Crippen molar-refractivity contribution in [2.24, 2.45) is 0 Å². The monoisotopic (exact) mass is 203 g/mol. The van der Waals surface area contributed by atoms with Crippen molar-refractivity contribution >= 4 is 5.65 Å². The molecular weight excluding hydrogens is 186 g/mol. The van der Waals surface area contributed by atoms with Crippen LogP contribution >= 0.6 is 0 Å². The van der Waals surface area contributed by atoms with Crippen molar-refractivity contribution in [1.29, 1.82) is 0 Å². The van der Waals surface area contributed by atoms with Gasteiger partial charge in [0.2, 0.25) is 0 Å². The van der Waals surface area contributed by atoms with Crippen molar-refractivity contribution in [3.63, 3.8) is 0 Å². The van der Waals surface area contributed by atoms with E-state index in [-0.39, 0.29) is 0 Å². The highest BCUT2D eigenvalue weighted by atomic mass is 15.0. The van der Waals surface area contributed by atoms with E-state index in [1.807, 2.05) is 12.1 Å². The molecule has 3 heteroatoms. The Labute approximate surface area is 90.1 Å². The van der Waals surface area contributed by atoms with Crippen LogP contribution in [0.3, 0.4) is 0 Å². The molecule has 0 bridgehead atoms. The van der Waals surface area contributed by atoms with Crippen molar-refractivity contribution in [3.05, 3.63) is 35.8 Å². The second-order valence-corrected chi connectivity index (χ2v) is 4.16. The molecule has 0 spiro atoms. The van der Waals surface area contributed by atoms with Crippen molar-refractivity contribution in [2.45, 2.75) is 33.4 Å². The van der Waals surface area contributed by atoms with Crippen LogP contribution in [0, 0.1) is 6.92 Å². The van der Waals surface area contributed by atoms with Gasteiger partial charge in [-0.25, -0.2) is 4.98 Å². The zero-order chi connectivity index (χ0) is 10.8. The summed E-state index contributed by atoms with van der Waals surface area (Å²) in [6.45, 7) is 7.20. The number of aromatic nitrogens is 2. The highest BCUT2D eigenvalue weighted by Crippen LogP contribution is 2.08. The summed E-state index contributed by atoms with van der Waals surface area (Å²) in [5.41, 5.74) is 3.34. The van der Waals surface area contributed by atoms with Crippen LogP contribution in [0.2, 0.25) is 0 Å². The van der Waals surface area contributed by atoms with Crippen molar-refractivity contribution in [2.75, 3.05) is 0 Å². The fraction of sp³-hybridized carbons (Fsp3) is 0.417. The zero-order valence-electron chi connectivity index (χ0n) is 9.49. The average Bonchev–Trinajstić information content (AvgIpc) is 2.59. The lowest BCUT2D eigenvalue weighted by Crippen LogP contribution is -2.21. The normalized spacial score (nSPS) is 11.5. The molecule has 80 valence electrons. The number of nitrogens with zero attached hydrogens (tertiary/aromatic N) is 2. The lowest BCUT2D eigenvalue weighted by molar-refractivity contribution is 0.583. The molecule has 2 aromatic rings. The van der Waals surface area contributed by atoms with Crippen LogP contribution < -0.4 is 5.32 Å². The Kier molecular flexibility index (Phi) is 2.73. The van der Waals surface area contributed by atoms with E-state index in [0.29, 0.717) is 6.04 Å². The number of fused-ring (bicyclic) bond motifs is 1. The number of hydrogen-bond acceptors (Lipinski definition) is 2. The molecule has 0 saturated carbocycles. The van der Waals surface area contributed by atoms with Gasteiger partial charge in [0, 0.05) is 24.5 Å². The molecule has 2 aromatic heterocycles. The summed E-state index contributed by atoms with van der Waals surface area (Å²) in [6, 6.07) is 6.66. The Morgan fingerprint density at radius 1 is 1.40 bits per heavy atom. The molecule has 3 nitrogen and oxygen atoms in total. The highest BCUT2D eigenvalue weighted by molar-refractivity contribution is 5.41. The molecule has 2 heterocycles. The maximum Gasteiger partial charge on any atom is 0.137 e. The van der Waals surface area contributed by atoms with Crippen LogP contribution in [-0.2, 0) is 6.54 Å². The number of pyridine rings is 1. The summed E-state index contributed by atoms with van der Waals surface area (Å²) in [7, 11) is 0. The fourth-order valence-electron chi connectivity index (χ4n) is 1.59. The van der Waals surface area contributed by atoms with E-state index in [1.54, 1.807) is 0 Å². The molecule has 0 aromatic carbocycles. The van der Waals surface area contributed by atoms with Crippen LogP contribution in [0.4, 0.5) is 0 Å². The van der Waals surface area contributed by atoms with E-state index in [4.69, 9.17) is 0 Å². The Morgan fingerprint density at radius 2 is 2.20 bits per heavy atom. The van der Waals surface area contributed by atoms with Gasteiger partial charge in [0.05, 0.1) is 5.69 Å². The van der Waals surface area contributed by atoms with Gasteiger partial charge >= 0.3 is 0 Å². The van der Waals surface area contributed by atoms with Crippen molar-refractivity contribution < 1.29 is 0 Å². The third-order valence-corrected chi connectivity index (χ3v) is 2.44. The Morgan fingerprint density at radius 3 is 2.87 bits per heavy atom. The molecule has 0 fully saturated rings. The molecule has 2 rings (SSSR count). The molecule has 0 aliphatic heterocycles. The summed E-state index contributed by atoms with van der Waals surface area (Å²) >= 11 is 0. The van der Waals surface area contributed by atoms with E-state index in [2.05, 4.69) is 47.7 Å². The largest absolute Gasteiger partial charge is 0.309 e. The second-order valence-electron chi connectivity index (χ2n) is 4.16. The van der Waals surface area contributed by atoms with Gasteiger partial charge in [-0.2, -0.15) is 0 Å². The maximum absolute atomic E-state index is 4.55. The topological polar surface area (TPSA) is 29.3 Å². The van der Waals surface area contributed by atoms with Gasteiger partial charge in [0.25, 0.3) is 0 Å². The predicted octanol–water partition coefficient (Wildman–Crippen LogP) is 2.14. The first-order valence-electron chi connectivity index (χ1n) is 5.34. The van der Waals surface area contributed by atoms with E-state index < -0.39 is 0 Å². The SMILES string of the molecule is Cc1cccc2nc(CNC(C)C)cn12. The summed E-state index contributed by atoms with van der Waals surface area (Å²) < 4.78 is 2.12. The zero-order valence-corrected chi connectivity index (χ0v) is 9.49. The van der Waals surface area contributed by atoms with Gasteiger partial charge in [-0.3, -0.25) is 0 Å². The molecule has 0 aliphatic carbocycles. The molecule has 15 heavy (non-hydrogen) atoms.